The van der Waals surface area contributed by atoms with Gasteiger partial charge in [0.05, 0.1) is 16.1 Å². The molecule has 5 nitrogen and oxygen atoms in total. The van der Waals surface area contributed by atoms with E-state index in [2.05, 4.69) is 0 Å². The standard InChI is InChI=1S/C15H10N2O3/c18-10-14-9-11-8-13(17(19)20)6-7-15(11)16(14)12-4-2-1-3-5-12/h1-10H. The van der Waals surface area contributed by atoms with Crippen LogP contribution in [-0.2, 0) is 0 Å². The number of hydrogen-bond acceptors (Lipinski definition) is 3. The summed E-state index contributed by atoms with van der Waals surface area (Å²) in [5.74, 6) is 0. The molecule has 5 heteroatoms. The van der Waals surface area contributed by atoms with E-state index in [0.717, 1.165) is 17.5 Å². The smallest absolute Gasteiger partial charge is 0.270 e. The van der Waals surface area contributed by atoms with Crippen molar-refractivity contribution in [1.29, 1.82) is 0 Å². The van der Waals surface area contributed by atoms with Crippen LogP contribution in [0.25, 0.3) is 16.6 Å². The SMILES string of the molecule is O=Cc1cc2cc([N+](=O)[O-])ccc2n1-c1ccccc1. The summed E-state index contributed by atoms with van der Waals surface area (Å²) in [6.07, 6.45) is 0.749. The number of carbonyl (C=O) groups is 1. The number of benzene rings is 2. The van der Waals surface area contributed by atoms with Crippen molar-refractivity contribution >= 4 is 22.9 Å². The summed E-state index contributed by atoms with van der Waals surface area (Å²) in [4.78, 5) is 21.6. The van der Waals surface area contributed by atoms with Gasteiger partial charge < -0.3 is 4.57 Å². The molecule has 98 valence electrons. The monoisotopic (exact) mass is 266 g/mol. The summed E-state index contributed by atoms with van der Waals surface area (Å²) in [5.41, 5.74) is 2.09. The van der Waals surface area contributed by atoms with Crippen LogP contribution in [0.4, 0.5) is 5.69 Å². The van der Waals surface area contributed by atoms with E-state index in [1.165, 1.54) is 12.1 Å². The van der Waals surface area contributed by atoms with E-state index in [9.17, 15) is 14.9 Å². The molecule has 0 aliphatic rings. The van der Waals surface area contributed by atoms with Crippen LogP contribution in [0.5, 0.6) is 0 Å². The fourth-order valence-corrected chi connectivity index (χ4v) is 2.29. The Morgan fingerprint density at radius 1 is 1.05 bits per heavy atom. The number of non-ortho nitro benzene ring substituents is 1. The Morgan fingerprint density at radius 3 is 2.45 bits per heavy atom. The maximum absolute atomic E-state index is 11.2. The van der Waals surface area contributed by atoms with Crippen LogP contribution in [-0.4, -0.2) is 15.8 Å². The van der Waals surface area contributed by atoms with Crippen LogP contribution < -0.4 is 0 Å². The Hall–Kier alpha value is -2.95. The highest BCUT2D eigenvalue weighted by Gasteiger charge is 2.13. The molecule has 0 saturated heterocycles. The first kappa shape index (κ1) is 12.1. The zero-order valence-corrected chi connectivity index (χ0v) is 10.4. The minimum absolute atomic E-state index is 0.0140. The maximum atomic E-state index is 11.2. The minimum Gasteiger partial charge on any atom is -0.307 e. The average molecular weight is 266 g/mol. The van der Waals surface area contributed by atoms with Crippen LogP contribution in [0.3, 0.4) is 0 Å². The Labute approximate surface area is 114 Å². The molecule has 0 amide bonds. The second kappa shape index (κ2) is 4.62. The number of nitro benzene ring substituents is 1. The molecule has 3 aromatic rings. The van der Waals surface area contributed by atoms with Crippen molar-refractivity contribution in [2.45, 2.75) is 0 Å². The van der Waals surface area contributed by atoms with E-state index in [1.807, 2.05) is 30.3 Å². The molecule has 0 fully saturated rings. The second-order valence-electron chi connectivity index (χ2n) is 4.36. The second-order valence-corrected chi connectivity index (χ2v) is 4.36. The third-order valence-electron chi connectivity index (χ3n) is 3.16. The van der Waals surface area contributed by atoms with Crippen LogP contribution >= 0.6 is 0 Å². The maximum Gasteiger partial charge on any atom is 0.270 e. The van der Waals surface area contributed by atoms with Crippen LogP contribution in [0.1, 0.15) is 10.5 Å². The molecule has 0 unspecified atom stereocenters. The Bertz CT molecular complexity index is 807. The number of aldehydes is 1. The first-order valence-corrected chi connectivity index (χ1v) is 6.01. The van der Waals surface area contributed by atoms with Crippen molar-refractivity contribution in [2.24, 2.45) is 0 Å². The molecule has 0 aliphatic carbocycles. The number of nitro groups is 1. The van der Waals surface area contributed by atoms with Crippen molar-refractivity contribution in [3.63, 3.8) is 0 Å². The van der Waals surface area contributed by atoms with Gasteiger partial charge in [0.15, 0.2) is 6.29 Å². The first-order chi connectivity index (χ1) is 9.70. The average Bonchev–Trinajstić information content (AvgIpc) is 2.85. The van der Waals surface area contributed by atoms with Gasteiger partial charge in [-0.3, -0.25) is 14.9 Å². The lowest BCUT2D eigenvalue weighted by atomic mass is 10.2. The largest absolute Gasteiger partial charge is 0.307 e. The van der Waals surface area contributed by atoms with Gasteiger partial charge in [0.25, 0.3) is 5.69 Å². The Balaban J connectivity index is 2.31. The van der Waals surface area contributed by atoms with E-state index in [1.54, 1.807) is 16.7 Å². The zero-order valence-electron chi connectivity index (χ0n) is 10.4. The highest BCUT2D eigenvalue weighted by Crippen LogP contribution is 2.27. The summed E-state index contributed by atoms with van der Waals surface area (Å²) in [5, 5.41) is 11.5. The molecule has 1 heterocycles. The Kier molecular flexibility index (Phi) is 2.80. The van der Waals surface area contributed by atoms with Gasteiger partial charge >= 0.3 is 0 Å². The summed E-state index contributed by atoms with van der Waals surface area (Å²) in [6.45, 7) is 0. The lowest BCUT2D eigenvalue weighted by Crippen LogP contribution is -1.98. The fourth-order valence-electron chi connectivity index (χ4n) is 2.29. The normalized spacial score (nSPS) is 10.6. The van der Waals surface area contributed by atoms with Crippen LogP contribution in [0, 0.1) is 10.1 Å². The van der Waals surface area contributed by atoms with Crippen molar-refractivity contribution in [3.05, 3.63) is 70.4 Å². The molecule has 0 atom stereocenters. The fraction of sp³-hybridized carbons (Fsp3) is 0. The number of aromatic nitrogens is 1. The number of nitrogens with zero attached hydrogens (tertiary/aromatic N) is 2. The summed E-state index contributed by atoms with van der Waals surface area (Å²) in [7, 11) is 0. The van der Waals surface area contributed by atoms with E-state index in [0.29, 0.717) is 11.1 Å². The predicted molar refractivity (Wildman–Crippen MR) is 75.3 cm³/mol. The summed E-state index contributed by atoms with van der Waals surface area (Å²) < 4.78 is 1.78. The topological polar surface area (TPSA) is 65.1 Å². The van der Waals surface area contributed by atoms with E-state index >= 15 is 0 Å². The lowest BCUT2D eigenvalue weighted by molar-refractivity contribution is -0.384. The quantitative estimate of drug-likeness (QED) is 0.415. The van der Waals surface area contributed by atoms with Gasteiger partial charge in [-0.2, -0.15) is 0 Å². The lowest BCUT2D eigenvalue weighted by Gasteiger charge is -2.07. The first-order valence-electron chi connectivity index (χ1n) is 6.01. The Morgan fingerprint density at radius 2 is 1.80 bits per heavy atom. The van der Waals surface area contributed by atoms with Crippen molar-refractivity contribution in [1.82, 2.24) is 4.57 Å². The molecule has 2 aromatic carbocycles. The van der Waals surface area contributed by atoms with Gasteiger partial charge in [-0.25, -0.2) is 0 Å². The number of hydrogen-bond donors (Lipinski definition) is 0. The molecule has 0 radical (unpaired) electrons. The van der Waals surface area contributed by atoms with Gasteiger partial charge in [-0.1, -0.05) is 18.2 Å². The molecule has 0 bridgehead atoms. The molecular weight excluding hydrogens is 256 g/mol. The van der Waals surface area contributed by atoms with E-state index in [4.69, 9.17) is 0 Å². The van der Waals surface area contributed by atoms with Gasteiger partial charge in [-0.15, -0.1) is 0 Å². The van der Waals surface area contributed by atoms with Gasteiger partial charge in [0.1, 0.15) is 0 Å². The van der Waals surface area contributed by atoms with Gasteiger partial charge in [0, 0.05) is 23.2 Å². The van der Waals surface area contributed by atoms with E-state index in [-0.39, 0.29) is 5.69 Å². The third-order valence-corrected chi connectivity index (χ3v) is 3.16. The molecule has 3 rings (SSSR count). The van der Waals surface area contributed by atoms with Crippen molar-refractivity contribution in [3.8, 4) is 5.69 Å². The van der Waals surface area contributed by atoms with E-state index < -0.39 is 4.92 Å². The molecule has 20 heavy (non-hydrogen) atoms. The summed E-state index contributed by atoms with van der Waals surface area (Å²) >= 11 is 0. The van der Waals surface area contributed by atoms with Crippen LogP contribution in [0.15, 0.2) is 54.6 Å². The molecule has 1 aromatic heterocycles. The molecule has 0 N–H and O–H groups in total. The zero-order chi connectivity index (χ0) is 14.1. The highest BCUT2D eigenvalue weighted by atomic mass is 16.6. The van der Waals surface area contributed by atoms with Gasteiger partial charge in [-0.05, 0) is 24.3 Å². The van der Waals surface area contributed by atoms with Crippen molar-refractivity contribution in [2.75, 3.05) is 0 Å². The third kappa shape index (κ3) is 1.85. The number of para-hydroxylation sites is 1. The number of carbonyl (C=O) groups excluding carboxylic acids is 1. The number of rotatable bonds is 3. The van der Waals surface area contributed by atoms with Crippen molar-refractivity contribution < 1.29 is 9.72 Å². The molecular formula is C15H10N2O3. The number of fused-ring (bicyclic) bond motifs is 1. The molecule has 0 spiro atoms. The minimum atomic E-state index is -0.445. The van der Waals surface area contributed by atoms with Gasteiger partial charge in [0.2, 0.25) is 0 Å². The molecule has 0 aliphatic heterocycles. The molecule has 0 saturated carbocycles. The summed E-state index contributed by atoms with van der Waals surface area (Å²) in [6, 6.07) is 15.6. The predicted octanol–water partition coefficient (Wildman–Crippen LogP) is 3.35. The highest BCUT2D eigenvalue weighted by molar-refractivity contribution is 5.92. The van der Waals surface area contributed by atoms with Crippen LogP contribution in [0.2, 0.25) is 0 Å².